The number of anilines is 1. The van der Waals surface area contributed by atoms with E-state index in [-0.39, 0.29) is 17.9 Å². The first-order chi connectivity index (χ1) is 7.30. The number of aromatic nitrogens is 2. The summed E-state index contributed by atoms with van der Waals surface area (Å²) in [5, 5.41) is 2.85. The van der Waals surface area contributed by atoms with Gasteiger partial charge < -0.3 is 11.1 Å². The Morgan fingerprint density at radius 2 is 1.88 bits per heavy atom. The molecule has 0 aliphatic heterocycles. The summed E-state index contributed by atoms with van der Waals surface area (Å²) in [5.41, 5.74) is 4.58. The van der Waals surface area contributed by atoms with Gasteiger partial charge in [0.1, 0.15) is 5.82 Å². The number of rotatable bonds is 3. The standard InChI is InChI=1S/C9H13F3N4/c1-5(13)6(2)16-8-4-14-7(3-15-8)9(10,11)12/h3-6H,13H2,1-2H3,(H,15,16). The molecule has 0 aliphatic rings. The molecule has 1 aromatic heterocycles. The Hall–Kier alpha value is -1.37. The van der Waals surface area contributed by atoms with Crippen molar-refractivity contribution in [3.05, 3.63) is 18.1 Å². The van der Waals surface area contributed by atoms with Crippen LogP contribution < -0.4 is 11.1 Å². The molecule has 1 rings (SSSR count). The van der Waals surface area contributed by atoms with Crippen LogP contribution in [-0.4, -0.2) is 22.1 Å². The van der Waals surface area contributed by atoms with E-state index in [2.05, 4.69) is 15.3 Å². The summed E-state index contributed by atoms with van der Waals surface area (Å²) in [6.45, 7) is 3.60. The number of nitrogens with zero attached hydrogens (tertiary/aromatic N) is 2. The van der Waals surface area contributed by atoms with E-state index in [4.69, 9.17) is 5.73 Å². The van der Waals surface area contributed by atoms with E-state index >= 15 is 0 Å². The van der Waals surface area contributed by atoms with Crippen LogP contribution in [0, 0.1) is 0 Å². The molecule has 0 radical (unpaired) electrons. The van der Waals surface area contributed by atoms with Gasteiger partial charge in [-0.25, -0.2) is 9.97 Å². The van der Waals surface area contributed by atoms with Gasteiger partial charge in [-0.2, -0.15) is 13.2 Å². The van der Waals surface area contributed by atoms with Gasteiger partial charge in [0.15, 0.2) is 5.69 Å². The minimum atomic E-state index is -4.46. The SMILES string of the molecule is CC(N)C(C)Nc1cnc(C(F)(F)F)cn1. The van der Waals surface area contributed by atoms with Crippen LogP contribution >= 0.6 is 0 Å². The van der Waals surface area contributed by atoms with Crippen molar-refractivity contribution in [2.75, 3.05) is 5.32 Å². The Morgan fingerprint density at radius 3 is 2.25 bits per heavy atom. The first-order valence-corrected chi connectivity index (χ1v) is 4.72. The second kappa shape index (κ2) is 4.65. The zero-order valence-corrected chi connectivity index (χ0v) is 8.92. The Balaban J connectivity index is 2.72. The molecule has 1 aromatic rings. The van der Waals surface area contributed by atoms with Crippen molar-refractivity contribution in [1.29, 1.82) is 0 Å². The molecule has 0 aliphatic carbocycles. The summed E-state index contributed by atoms with van der Waals surface area (Å²) >= 11 is 0. The highest BCUT2D eigenvalue weighted by Gasteiger charge is 2.32. The van der Waals surface area contributed by atoms with Crippen molar-refractivity contribution >= 4 is 5.82 Å². The zero-order chi connectivity index (χ0) is 12.3. The van der Waals surface area contributed by atoms with Crippen molar-refractivity contribution in [2.24, 2.45) is 5.73 Å². The molecule has 90 valence electrons. The molecule has 0 bridgehead atoms. The van der Waals surface area contributed by atoms with Gasteiger partial charge >= 0.3 is 6.18 Å². The monoisotopic (exact) mass is 234 g/mol. The highest BCUT2D eigenvalue weighted by molar-refractivity contribution is 5.33. The van der Waals surface area contributed by atoms with E-state index in [9.17, 15) is 13.2 Å². The fourth-order valence-electron chi connectivity index (χ4n) is 0.914. The van der Waals surface area contributed by atoms with Gasteiger partial charge in [-0.05, 0) is 13.8 Å². The summed E-state index contributed by atoms with van der Waals surface area (Å²) in [7, 11) is 0. The maximum atomic E-state index is 12.2. The second-order valence-electron chi connectivity index (χ2n) is 3.58. The number of nitrogens with two attached hydrogens (primary N) is 1. The minimum absolute atomic E-state index is 0.0916. The van der Waals surface area contributed by atoms with Crippen LogP contribution in [0.4, 0.5) is 19.0 Å². The Kier molecular flexibility index (Phi) is 3.69. The van der Waals surface area contributed by atoms with Crippen molar-refractivity contribution in [2.45, 2.75) is 32.1 Å². The van der Waals surface area contributed by atoms with Gasteiger partial charge in [0.05, 0.1) is 12.4 Å². The minimum Gasteiger partial charge on any atom is -0.365 e. The lowest BCUT2D eigenvalue weighted by Crippen LogP contribution is -2.35. The summed E-state index contributed by atoms with van der Waals surface area (Å²) in [5.74, 6) is 0.276. The molecule has 0 saturated heterocycles. The molecule has 2 atom stereocenters. The van der Waals surface area contributed by atoms with Gasteiger partial charge in [-0.1, -0.05) is 0 Å². The third-order valence-electron chi connectivity index (χ3n) is 2.11. The van der Waals surface area contributed by atoms with E-state index in [0.29, 0.717) is 6.20 Å². The maximum absolute atomic E-state index is 12.2. The van der Waals surface area contributed by atoms with Crippen LogP contribution in [0.2, 0.25) is 0 Å². The summed E-state index contributed by atoms with van der Waals surface area (Å²) in [4.78, 5) is 6.89. The molecule has 0 aromatic carbocycles. The van der Waals surface area contributed by atoms with Crippen LogP contribution in [0.25, 0.3) is 0 Å². The Labute approximate surface area is 91.1 Å². The lowest BCUT2D eigenvalue weighted by Gasteiger charge is -2.17. The zero-order valence-electron chi connectivity index (χ0n) is 8.92. The number of halogens is 3. The fraction of sp³-hybridized carbons (Fsp3) is 0.556. The second-order valence-corrected chi connectivity index (χ2v) is 3.58. The van der Waals surface area contributed by atoms with Gasteiger partial charge in [-0.15, -0.1) is 0 Å². The maximum Gasteiger partial charge on any atom is 0.434 e. The van der Waals surface area contributed by atoms with Crippen LogP contribution in [0.1, 0.15) is 19.5 Å². The van der Waals surface area contributed by atoms with E-state index in [1.54, 1.807) is 6.92 Å². The predicted octanol–water partition coefficient (Wildman–Crippen LogP) is 1.64. The van der Waals surface area contributed by atoms with Crippen LogP contribution in [-0.2, 0) is 6.18 Å². The van der Waals surface area contributed by atoms with Gasteiger partial charge in [0, 0.05) is 12.1 Å². The molecule has 16 heavy (non-hydrogen) atoms. The van der Waals surface area contributed by atoms with Crippen molar-refractivity contribution in [3.8, 4) is 0 Å². The van der Waals surface area contributed by atoms with Crippen LogP contribution in [0.3, 0.4) is 0 Å². The highest BCUT2D eigenvalue weighted by Crippen LogP contribution is 2.26. The fourth-order valence-corrected chi connectivity index (χ4v) is 0.914. The average Bonchev–Trinajstić information content (AvgIpc) is 2.17. The molecule has 3 N–H and O–H groups in total. The molecule has 0 fully saturated rings. The number of hydrogen-bond acceptors (Lipinski definition) is 4. The quantitative estimate of drug-likeness (QED) is 0.834. The van der Waals surface area contributed by atoms with E-state index in [1.165, 1.54) is 0 Å². The van der Waals surface area contributed by atoms with Crippen LogP contribution in [0.15, 0.2) is 12.4 Å². The van der Waals surface area contributed by atoms with Crippen molar-refractivity contribution in [1.82, 2.24) is 9.97 Å². The van der Waals surface area contributed by atoms with E-state index in [1.807, 2.05) is 6.92 Å². The molecule has 0 amide bonds. The first kappa shape index (κ1) is 12.7. The largest absolute Gasteiger partial charge is 0.434 e. The molecule has 1 heterocycles. The highest BCUT2D eigenvalue weighted by atomic mass is 19.4. The van der Waals surface area contributed by atoms with Crippen molar-refractivity contribution in [3.63, 3.8) is 0 Å². The van der Waals surface area contributed by atoms with Crippen LogP contribution in [0.5, 0.6) is 0 Å². The smallest absolute Gasteiger partial charge is 0.365 e. The summed E-state index contributed by atoms with van der Waals surface area (Å²) < 4.78 is 36.5. The summed E-state index contributed by atoms with van der Waals surface area (Å²) in [6.07, 6.45) is -2.73. The Bertz CT molecular complexity index is 334. The third-order valence-corrected chi connectivity index (χ3v) is 2.11. The van der Waals surface area contributed by atoms with E-state index in [0.717, 1.165) is 6.20 Å². The van der Waals surface area contributed by atoms with Crippen molar-refractivity contribution < 1.29 is 13.2 Å². The molecule has 0 spiro atoms. The lowest BCUT2D eigenvalue weighted by molar-refractivity contribution is -0.141. The topological polar surface area (TPSA) is 63.8 Å². The Morgan fingerprint density at radius 1 is 1.25 bits per heavy atom. The normalized spacial score (nSPS) is 15.6. The van der Waals surface area contributed by atoms with Gasteiger partial charge in [0.2, 0.25) is 0 Å². The predicted molar refractivity (Wildman–Crippen MR) is 53.8 cm³/mol. The number of alkyl halides is 3. The third kappa shape index (κ3) is 3.34. The number of nitrogens with one attached hydrogen (secondary N) is 1. The first-order valence-electron chi connectivity index (χ1n) is 4.72. The molecular formula is C9H13F3N4. The average molecular weight is 234 g/mol. The molecular weight excluding hydrogens is 221 g/mol. The number of hydrogen-bond donors (Lipinski definition) is 2. The molecule has 7 heteroatoms. The molecule has 0 saturated carbocycles. The van der Waals surface area contributed by atoms with Gasteiger partial charge in [0.25, 0.3) is 0 Å². The lowest BCUT2D eigenvalue weighted by atomic mass is 10.2. The molecule has 4 nitrogen and oxygen atoms in total. The van der Waals surface area contributed by atoms with E-state index < -0.39 is 11.9 Å². The molecule has 2 unspecified atom stereocenters. The van der Waals surface area contributed by atoms with Gasteiger partial charge in [-0.3, -0.25) is 0 Å². The summed E-state index contributed by atoms with van der Waals surface area (Å²) in [6, 6.07) is -0.227.